The van der Waals surface area contributed by atoms with Crippen LogP contribution in [0.5, 0.6) is 11.5 Å². The summed E-state index contributed by atoms with van der Waals surface area (Å²) in [5.41, 5.74) is 0.0920. The van der Waals surface area contributed by atoms with E-state index in [1.54, 1.807) is 16.9 Å². The van der Waals surface area contributed by atoms with Gasteiger partial charge in [0.05, 0.1) is 11.8 Å². The molecule has 1 aromatic carbocycles. The fraction of sp³-hybridized carbons (Fsp3) is 0.231. The molecule has 0 radical (unpaired) electrons. The summed E-state index contributed by atoms with van der Waals surface area (Å²) in [5.74, 6) is -0.276. The van der Waals surface area contributed by atoms with Gasteiger partial charge in [0.25, 0.3) is 5.91 Å². The second-order valence-electron chi connectivity index (χ2n) is 4.41. The minimum atomic E-state index is -0.458. The average Bonchev–Trinajstić information content (AvgIpc) is 2.76. The Kier molecular flexibility index (Phi) is 3.41. The molecule has 1 aromatic heterocycles. The maximum atomic E-state index is 12.0. The molecular weight excluding hydrogens is 246 g/mol. The Hall–Kier alpha value is -2.50. The molecule has 6 heteroatoms. The quantitative estimate of drug-likeness (QED) is 0.789. The summed E-state index contributed by atoms with van der Waals surface area (Å²) in [4.78, 5) is 12.0. The molecule has 1 heterocycles. The van der Waals surface area contributed by atoms with Crippen molar-refractivity contribution in [2.75, 3.05) is 5.32 Å². The molecule has 1 amide bonds. The molecule has 0 aliphatic carbocycles. The predicted octanol–water partition coefficient (Wildman–Crippen LogP) is 2.13. The third kappa shape index (κ3) is 2.67. The van der Waals surface area contributed by atoms with Crippen molar-refractivity contribution < 1.29 is 15.0 Å². The zero-order valence-corrected chi connectivity index (χ0v) is 10.7. The van der Waals surface area contributed by atoms with E-state index in [0.717, 1.165) is 6.07 Å². The normalized spacial score (nSPS) is 10.7. The molecule has 0 saturated heterocycles. The van der Waals surface area contributed by atoms with Gasteiger partial charge in [-0.25, -0.2) is 4.68 Å². The van der Waals surface area contributed by atoms with E-state index in [0.29, 0.717) is 5.82 Å². The van der Waals surface area contributed by atoms with Crippen LogP contribution in [0, 0.1) is 0 Å². The number of benzene rings is 1. The largest absolute Gasteiger partial charge is 0.508 e. The predicted molar refractivity (Wildman–Crippen MR) is 70.3 cm³/mol. The Labute approximate surface area is 110 Å². The third-order valence-electron chi connectivity index (χ3n) is 2.63. The van der Waals surface area contributed by atoms with E-state index in [4.69, 9.17) is 0 Å². The highest BCUT2D eigenvalue weighted by Crippen LogP contribution is 2.23. The number of carbonyl (C=O) groups excluding carboxylic acids is 1. The van der Waals surface area contributed by atoms with Gasteiger partial charge in [0.15, 0.2) is 0 Å². The Morgan fingerprint density at radius 3 is 2.68 bits per heavy atom. The number of carbonyl (C=O) groups is 1. The minimum absolute atomic E-state index is 0.0920. The lowest BCUT2D eigenvalue weighted by Gasteiger charge is -2.12. The Bertz CT molecular complexity index is 605. The average molecular weight is 261 g/mol. The van der Waals surface area contributed by atoms with Crippen molar-refractivity contribution in [3.8, 4) is 11.5 Å². The smallest absolute Gasteiger partial charge is 0.260 e. The summed E-state index contributed by atoms with van der Waals surface area (Å²) in [6, 6.07) is 5.60. The molecule has 3 N–H and O–H groups in total. The number of phenolic OH excluding ortho intramolecular Hbond substituents is 2. The first kappa shape index (κ1) is 12.9. The van der Waals surface area contributed by atoms with Crippen LogP contribution in [0.4, 0.5) is 5.82 Å². The number of rotatable bonds is 3. The zero-order chi connectivity index (χ0) is 14.0. The lowest BCUT2D eigenvalue weighted by atomic mass is 10.2. The third-order valence-corrected chi connectivity index (χ3v) is 2.63. The topological polar surface area (TPSA) is 87.4 Å². The summed E-state index contributed by atoms with van der Waals surface area (Å²) in [6.45, 7) is 3.89. The van der Waals surface area contributed by atoms with E-state index in [1.807, 2.05) is 13.8 Å². The SMILES string of the molecule is CC(C)n1nccc1NC(=O)c1ccc(O)cc1O. The minimum Gasteiger partial charge on any atom is -0.508 e. The highest BCUT2D eigenvalue weighted by Gasteiger charge is 2.14. The molecule has 0 unspecified atom stereocenters. The van der Waals surface area contributed by atoms with Crippen LogP contribution < -0.4 is 5.32 Å². The number of amides is 1. The number of phenols is 2. The molecule has 0 aliphatic heterocycles. The van der Waals surface area contributed by atoms with Crippen LogP contribution in [-0.2, 0) is 0 Å². The highest BCUT2D eigenvalue weighted by atomic mass is 16.3. The van der Waals surface area contributed by atoms with Gasteiger partial charge in [0.1, 0.15) is 17.3 Å². The summed E-state index contributed by atoms with van der Waals surface area (Å²) >= 11 is 0. The van der Waals surface area contributed by atoms with Crippen molar-refractivity contribution in [2.24, 2.45) is 0 Å². The molecular formula is C13H15N3O3. The number of anilines is 1. The highest BCUT2D eigenvalue weighted by molar-refractivity contribution is 6.05. The van der Waals surface area contributed by atoms with E-state index in [2.05, 4.69) is 10.4 Å². The van der Waals surface area contributed by atoms with E-state index in [1.165, 1.54) is 12.1 Å². The van der Waals surface area contributed by atoms with Gasteiger partial charge in [-0.05, 0) is 26.0 Å². The molecule has 2 aromatic rings. The van der Waals surface area contributed by atoms with Crippen molar-refractivity contribution >= 4 is 11.7 Å². The summed E-state index contributed by atoms with van der Waals surface area (Å²) < 4.78 is 1.66. The van der Waals surface area contributed by atoms with Gasteiger partial charge in [-0.2, -0.15) is 5.10 Å². The molecule has 0 bridgehead atoms. The second-order valence-corrected chi connectivity index (χ2v) is 4.41. The number of nitrogens with one attached hydrogen (secondary N) is 1. The molecule has 100 valence electrons. The van der Waals surface area contributed by atoms with Crippen molar-refractivity contribution in [3.63, 3.8) is 0 Å². The molecule has 0 atom stereocenters. The van der Waals surface area contributed by atoms with Crippen LogP contribution in [0.15, 0.2) is 30.5 Å². The molecule has 2 rings (SSSR count). The van der Waals surface area contributed by atoms with Crippen LogP contribution in [0.3, 0.4) is 0 Å². The van der Waals surface area contributed by atoms with Crippen molar-refractivity contribution in [3.05, 3.63) is 36.0 Å². The van der Waals surface area contributed by atoms with E-state index < -0.39 is 5.91 Å². The Balaban J connectivity index is 2.23. The summed E-state index contributed by atoms with van der Waals surface area (Å²) in [6.07, 6.45) is 1.59. The second kappa shape index (κ2) is 5.01. The van der Waals surface area contributed by atoms with Crippen LogP contribution in [0.1, 0.15) is 30.2 Å². The van der Waals surface area contributed by atoms with E-state index in [-0.39, 0.29) is 23.1 Å². The zero-order valence-electron chi connectivity index (χ0n) is 10.7. The molecule has 19 heavy (non-hydrogen) atoms. The van der Waals surface area contributed by atoms with E-state index in [9.17, 15) is 15.0 Å². The Morgan fingerprint density at radius 1 is 1.32 bits per heavy atom. The van der Waals surface area contributed by atoms with Gasteiger partial charge in [0.2, 0.25) is 0 Å². The number of aromatic hydroxyl groups is 2. The fourth-order valence-electron chi connectivity index (χ4n) is 1.72. The lowest BCUT2D eigenvalue weighted by Crippen LogP contribution is -2.16. The van der Waals surface area contributed by atoms with Crippen LogP contribution in [0.2, 0.25) is 0 Å². The number of hydrogen-bond acceptors (Lipinski definition) is 4. The van der Waals surface area contributed by atoms with Crippen LogP contribution in [-0.4, -0.2) is 25.9 Å². The van der Waals surface area contributed by atoms with Crippen molar-refractivity contribution in [1.82, 2.24) is 9.78 Å². The molecule has 0 fully saturated rings. The van der Waals surface area contributed by atoms with Gasteiger partial charge in [-0.1, -0.05) is 0 Å². The number of hydrogen-bond donors (Lipinski definition) is 3. The van der Waals surface area contributed by atoms with Gasteiger partial charge in [0, 0.05) is 18.2 Å². The standard InChI is InChI=1S/C13H15N3O3/c1-8(2)16-12(5-6-14-16)15-13(19)10-4-3-9(17)7-11(10)18/h3-8,17-18H,1-2H3,(H,15,19). The summed E-state index contributed by atoms with van der Waals surface area (Å²) in [7, 11) is 0. The van der Waals surface area contributed by atoms with Gasteiger partial charge in [-0.15, -0.1) is 0 Å². The molecule has 0 aliphatic rings. The van der Waals surface area contributed by atoms with Crippen LogP contribution >= 0.6 is 0 Å². The summed E-state index contributed by atoms with van der Waals surface area (Å²) in [5, 5.41) is 25.6. The van der Waals surface area contributed by atoms with Gasteiger partial charge in [-0.3, -0.25) is 4.79 Å². The number of nitrogens with zero attached hydrogens (tertiary/aromatic N) is 2. The van der Waals surface area contributed by atoms with Gasteiger partial charge < -0.3 is 15.5 Å². The fourth-order valence-corrected chi connectivity index (χ4v) is 1.72. The monoisotopic (exact) mass is 261 g/mol. The van der Waals surface area contributed by atoms with Crippen LogP contribution in [0.25, 0.3) is 0 Å². The first-order valence-electron chi connectivity index (χ1n) is 5.86. The lowest BCUT2D eigenvalue weighted by molar-refractivity contribution is 0.102. The maximum absolute atomic E-state index is 12.0. The molecule has 0 saturated carbocycles. The van der Waals surface area contributed by atoms with Crippen molar-refractivity contribution in [1.29, 1.82) is 0 Å². The van der Waals surface area contributed by atoms with Gasteiger partial charge >= 0.3 is 0 Å². The number of aromatic nitrogens is 2. The van der Waals surface area contributed by atoms with Crippen molar-refractivity contribution in [2.45, 2.75) is 19.9 Å². The van der Waals surface area contributed by atoms with E-state index >= 15 is 0 Å². The molecule has 6 nitrogen and oxygen atoms in total. The molecule has 0 spiro atoms. The maximum Gasteiger partial charge on any atom is 0.260 e. The Morgan fingerprint density at radius 2 is 2.05 bits per heavy atom. The first-order valence-corrected chi connectivity index (χ1v) is 5.86. The first-order chi connectivity index (χ1) is 8.99.